The second-order valence-electron chi connectivity index (χ2n) is 7.59. The van der Waals surface area contributed by atoms with Crippen LogP contribution in [-0.2, 0) is 10.0 Å². The van der Waals surface area contributed by atoms with E-state index in [4.69, 9.17) is 4.74 Å². The molecule has 0 radical (unpaired) electrons. The summed E-state index contributed by atoms with van der Waals surface area (Å²) < 4.78 is 34.4. The van der Waals surface area contributed by atoms with Crippen LogP contribution in [0.1, 0.15) is 20.9 Å². The van der Waals surface area contributed by atoms with Crippen LogP contribution < -0.4 is 14.8 Å². The highest BCUT2D eigenvalue weighted by molar-refractivity contribution is 7.92. The van der Waals surface area contributed by atoms with Gasteiger partial charge in [0.25, 0.3) is 15.9 Å². The highest BCUT2D eigenvalue weighted by Gasteiger charge is 2.23. The second kappa shape index (κ2) is 9.66. The zero-order chi connectivity index (χ0) is 24.3. The van der Waals surface area contributed by atoms with Crippen molar-refractivity contribution < 1.29 is 17.9 Å². The van der Waals surface area contributed by atoms with Crippen molar-refractivity contribution in [2.45, 2.75) is 18.7 Å². The van der Waals surface area contributed by atoms with Gasteiger partial charge in [0.05, 0.1) is 17.7 Å². The molecule has 1 heterocycles. The number of thiazole rings is 1. The normalized spacial score (nSPS) is 11.1. The van der Waals surface area contributed by atoms with Crippen molar-refractivity contribution in [3.05, 3.63) is 89.1 Å². The van der Waals surface area contributed by atoms with Crippen LogP contribution in [0.5, 0.6) is 5.75 Å². The molecule has 4 rings (SSSR count). The van der Waals surface area contributed by atoms with Crippen molar-refractivity contribution in [1.82, 2.24) is 4.98 Å². The van der Waals surface area contributed by atoms with Crippen LogP contribution in [0.3, 0.4) is 0 Å². The van der Waals surface area contributed by atoms with Gasteiger partial charge in [0.2, 0.25) is 0 Å². The maximum absolute atomic E-state index is 13.2. The molecule has 2 N–H and O–H groups in total. The van der Waals surface area contributed by atoms with Gasteiger partial charge in [0.1, 0.15) is 10.6 Å². The summed E-state index contributed by atoms with van der Waals surface area (Å²) in [6, 6.07) is 19.6. The van der Waals surface area contributed by atoms with Crippen LogP contribution in [0, 0.1) is 13.8 Å². The zero-order valence-corrected chi connectivity index (χ0v) is 20.5. The van der Waals surface area contributed by atoms with Crippen molar-refractivity contribution in [3.8, 4) is 16.2 Å². The van der Waals surface area contributed by atoms with Crippen LogP contribution in [0.25, 0.3) is 10.4 Å². The van der Waals surface area contributed by atoms with Crippen LogP contribution >= 0.6 is 11.3 Å². The first-order valence-corrected chi connectivity index (χ1v) is 12.7. The number of anilines is 2. The van der Waals surface area contributed by atoms with Crippen molar-refractivity contribution in [1.29, 1.82) is 0 Å². The first-order valence-electron chi connectivity index (χ1n) is 10.4. The van der Waals surface area contributed by atoms with Gasteiger partial charge in [-0.1, -0.05) is 48.5 Å². The van der Waals surface area contributed by atoms with Crippen LogP contribution in [-0.4, -0.2) is 26.4 Å². The van der Waals surface area contributed by atoms with E-state index in [-0.39, 0.29) is 15.7 Å². The Labute approximate surface area is 202 Å². The fraction of sp³-hybridized carbons (Fsp3) is 0.120. The molecule has 0 aliphatic carbocycles. The summed E-state index contributed by atoms with van der Waals surface area (Å²) in [5.74, 6) is -0.263. The van der Waals surface area contributed by atoms with E-state index in [1.165, 1.54) is 30.6 Å². The number of carbonyl (C=O) groups is 1. The average Bonchev–Trinajstić information content (AvgIpc) is 3.33. The number of aromatic nitrogens is 1. The molecule has 0 aliphatic rings. The lowest BCUT2D eigenvalue weighted by Crippen LogP contribution is -2.17. The summed E-state index contributed by atoms with van der Waals surface area (Å²) in [6.45, 7) is 3.66. The highest BCUT2D eigenvalue weighted by Crippen LogP contribution is 2.31. The van der Waals surface area contributed by atoms with E-state index in [1.54, 1.807) is 12.3 Å². The molecule has 0 saturated carbocycles. The van der Waals surface area contributed by atoms with Gasteiger partial charge in [-0.2, -0.15) is 0 Å². The fourth-order valence-corrected chi connectivity index (χ4v) is 5.64. The number of benzene rings is 3. The third kappa shape index (κ3) is 4.95. The van der Waals surface area contributed by atoms with Crippen LogP contribution in [0.4, 0.5) is 11.4 Å². The number of amides is 1. The van der Waals surface area contributed by atoms with Crippen LogP contribution in [0.15, 0.2) is 77.8 Å². The Morgan fingerprint density at radius 3 is 2.35 bits per heavy atom. The summed E-state index contributed by atoms with van der Waals surface area (Å²) in [5.41, 5.74) is 3.38. The summed E-state index contributed by atoms with van der Waals surface area (Å²) in [7, 11) is -2.60. The largest absolute Gasteiger partial charge is 0.495 e. The second-order valence-corrected chi connectivity index (χ2v) is 10.3. The van der Waals surface area contributed by atoms with Gasteiger partial charge in [-0.05, 0) is 48.7 Å². The predicted octanol–water partition coefficient (Wildman–Crippen LogP) is 5.49. The Morgan fingerprint density at radius 1 is 0.971 bits per heavy atom. The number of ether oxygens (including phenoxy) is 1. The average molecular weight is 494 g/mol. The lowest BCUT2D eigenvalue weighted by molar-refractivity contribution is 0.102. The van der Waals surface area contributed by atoms with Gasteiger partial charge in [-0.3, -0.25) is 9.52 Å². The van der Waals surface area contributed by atoms with Crippen molar-refractivity contribution in [3.63, 3.8) is 0 Å². The van der Waals surface area contributed by atoms with Gasteiger partial charge < -0.3 is 10.1 Å². The lowest BCUT2D eigenvalue weighted by atomic mass is 10.1. The number of nitrogens with zero attached hydrogens (tertiary/aromatic N) is 1. The molecule has 0 aliphatic heterocycles. The minimum atomic E-state index is -4.00. The van der Waals surface area contributed by atoms with Gasteiger partial charge in [0, 0.05) is 11.9 Å². The molecular formula is C25H23N3O4S2. The topological polar surface area (TPSA) is 97.4 Å². The smallest absolute Gasteiger partial charge is 0.284 e. The molecule has 9 heteroatoms. The van der Waals surface area contributed by atoms with Gasteiger partial charge >= 0.3 is 0 Å². The Balaban J connectivity index is 1.60. The molecule has 0 unspecified atom stereocenters. The minimum absolute atomic E-state index is 0.0837. The first kappa shape index (κ1) is 23.5. The van der Waals surface area contributed by atoms with E-state index in [0.29, 0.717) is 11.4 Å². The molecule has 174 valence electrons. The fourth-order valence-electron chi connectivity index (χ4n) is 3.43. The van der Waals surface area contributed by atoms with Crippen molar-refractivity contribution >= 4 is 38.6 Å². The number of nitrogens with one attached hydrogen (secondary N) is 2. The van der Waals surface area contributed by atoms with Crippen LogP contribution in [0.2, 0.25) is 0 Å². The zero-order valence-electron chi connectivity index (χ0n) is 18.8. The van der Waals surface area contributed by atoms with Crippen molar-refractivity contribution in [2.75, 3.05) is 17.1 Å². The summed E-state index contributed by atoms with van der Waals surface area (Å²) in [5, 5.41) is 3.01. The number of aryl methyl sites for hydroxylation is 2. The van der Waals surface area contributed by atoms with E-state index >= 15 is 0 Å². The number of hydrogen-bond donors (Lipinski definition) is 2. The Hall–Kier alpha value is -3.69. The van der Waals surface area contributed by atoms with Crippen molar-refractivity contribution in [2.24, 2.45) is 0 Å². The highest BCUT2D eigenvalue weighted by atomic mass is 32.2. The molecule has 0 spiro atoms. The molecule has 0 bridgehead atoms. The molecule has 1 amide bonds. The monoisotopic (exact) mass is 493 g/mol. The lowest BCUT2D eigenvalue weighted by Gasteiger charge is -2.16. The molecule has 0 fully saturated rings. The molecule has 1 aromatic heterocycles. The number of sulfonamides is 1. The summed E-state index contributed by atoms with van der Waals surface area (Å²) >= 11 is 1.26. The number of rotatable bonds is 7. The summed E-state index contributed by atoms with van der Waals surface area (Å²) in [6.07, 6.45) is 1.65. The number of carbonyl (C=O) groups excluding carboxylic acids is 1. The van der Waals surface area contributed by atoms with E-state index in [9.17, 15) is 13.2 Å². The molecule has 0 saturated heterocycles. The maximum atomic E-state index is 13.2. The molecule has 7 nitrogen and oxygen atoms in total. The number of para-hydroxylation sites is 1. The third-order valence-electron chi connectivity index (χ3n) is 5.19. The number of methoxy groups -OCH3 is 1. The Bertz CT molecular complexity index is 1430. The van der Waals surface area contributed by atoms with Gasteiger partial charge in [-0.15, -0.1) is 11.3 Å². The van der Waals surface area contributed by atoms with E-state index < -0.39 is 15.9 Å². The van der Waals surface area contributed by atoms with E-state index in [2.05, 4.69) is 15.0 Å². The predicted molar refractivity (Wildman–Crippen MR) is 135 cm³/mol. The molecule has 0 atom stereocenters. The number of hydrogen-bond acceptors (Lipinski definition) is 6. The standard InChI is InChI=1S/C25H23N3O4S2/c1-16-8-7-9-17(2)23(16)28-34(30,31)22-14-19(12-13-20(22)32-3)27-24(29)25-26-15-21(33-25)18-10-5-4-6-11-18/h4-15,28H,1-3H3,(H,27,29). The first-order chi connectivity index (χ1) is 16.3. The molecule has 4 aromatic rings. The molecule has 3 aromatic carbocycles. The Morgan fingerprint density at radius 2 is 1.68 bits per heavy atom. The maximum Gasteiger partial charge on any atom is 0.284 e. The van der Waals surface area contributed by atoms with Gasteiger partial charge in [0.15, 0.2) is 5.01 Å². The minimum Gasteiger partial charge on any atom is -0.495 e. The van der Waals surface area contributed by atoms with E-state index in [0.717, 1.165) is 21.6 Å². The SMILES string of the molecule is COc1ccc(NC(=O)c2ncc(-c3ccccc3)s2)cc1S(=O)(=O)Nc1c(C)cccc1C. The Kier molecular flexibility index (Phi) is 6.67. The van der Waals surface area contributed by atoms with Gasteiger partial charge in [-0.25, -0.2) is 13.4 Å². The molecule has 34 heavy (non-hydrogen) atoms. The summed E-state index contributed by atoms with van der Waals surface area (Å²) in [4.78, 5) is 17.8. The third-order valence-corrected chi connectivity index (χ3v) is 7.60. The van der Waals surface area contributed by atoms with E-state index in [1.807, 2.05) is 62.4 Å². The molecular weight excluding hydrogens is 470 g/mol. The quantitative estimate of drug-likeness (QED) is 0.355.